The summed E-state index contributed by atoms with van der Waals surface area (Å²) < 4.78 is 16.8. The minimum atomic E-state index is -1.42. The van der Waals surface area contributed by atoms with Crippen LogP contribution in [-0.2, 0) is 19.9 Å². The molecule has 0 aliphatic heterocycles. The summed E-state index contributed by atoms with van der Waals surface area (Å²) in [5.41, 5.74) is 0. The Kier molecular flexibility index (Phi) is 269. The smallest absolute Gasteiger partial charge is 2.00 e. The molecule has 0 radical (unpaired) electrons. The van der Waals surface area contributed by atoms with Crippen LogP contribution in [0.15, 0.2) is 0 Å². The summed E-state index contributed by atoms with van der Waals surface area (Å²) in [5, 5.41) is 0. The number of hydrogen-bond donors (Lipinski definition) is 0. The molecule has 0 aliphatic carbocycles. The molecule has 0 atom stereocenters. The average molecular weight is 351 g/mol. The van der Waals surface area contributed by atoms with Gasteiger partial charge in [0.2, 0.25) is 0 Å². The summed E-state index contributed by atoms with van der Waals surface area (Å²) in [5.74, 6) is 0. The third-order valence-corrected chi connectivity index (χ3v) is 0. The molecule has 7 heavy (non-hydrogen) atoms. The van der Waals surface area contributed by atoms with Crippen LogP contribution in [0.1, 0.15) is 0 Å². The summed E-state index contributed by atoms with van der Waals surface area (Å²) in [6.45, 7) is 0. The van der Waals surface area contributed by atoms with Gasteiger partial charge in [-0.1, -0.05) is 0 Å². The van der Waals surface area contributed by atoms with Crippen molar-refractivity contribution in [2.24, 2.45) is 0 Å². The molecule has 0 saturated carbocycles. The molecule has 0 rings (SSSR count). The van der Waals surface area contributed by atoms with Crippen molar-refractivity contribution < 1.29 is 59.8 Å². The Bertz CT molecular complexity index is 32.7. The molecule has 0 spiro atoms. The summed E-state index contributed by atoms with van der Waals surface area (Å²) in [4.78, 5) is 0. The molecule has 0 aromatic rings. The Balaban J connectivity index is -0.00000000333. The first-order chi connectivity index (χ1) is 1.41. The van der Waals surface area contributed by atoms with Gasteiger partial charge in [-0.15, -0.1) is 0 Å². The van der Waals surface area contributed by atoms with Crippen LogP contribution in [0.4, 0.5) is 0 Å². The van der Waals surface area contributed by atoms with Gasteiger partial charge >= 0.3 is 66.6 Å². The first kappa shape index (κ1) is 38.4. The van der Waals surface area contributed by atoms with Crippen LogP contribution >= 0.6 is 0 Å². The minimum absolute atomic E-state index is 0. The fourth-order valence-corrected chi connectivity index (χ4v) is 0. The second kappa shape index (κ2) is 49.1. The molecule has 0 aliphatic rings. The van der Waals surface area contributed by atoms with Crippen molar-refractivity contribution in [2.75, 3.05) is 0 Å². The van der Waals surface area contributed by atoms with Gasteiger partial charge in [-0.05, 0) is 0 Å². The van der Waals surface area contributed by atoms with Gasteiger partial charge in [0, 0.05) is 0 Å². The Morgan fingerprint density at radius 1 is 1.00 bits per heavy atom. The second-order valence-electron chi connectivity index (χ2n) is 0.0833. The average Bonchev–Trinajstić information content (AvgIpc) is 0.918. The van der Waals surface area contributed by atoms with Crippen LogP contribution in [0.5, 0.6) is 0 Å². The molecule has 0 fully saturated rings. The van der Waals surface area contributed by atoms with Gasteiger partial charge in [0.15, 0.2) is 0 Å². The van der Waals surface area contributed by atoms with E-state index in [4.69, 9.17) is 8.92 Å². The molecule has 0 aromatic heterocycles. The largest absolute Gasteiger partial charge is 4.00 e. The van der Waals surface area contributed by atoms with Gasteiger partial charge in [-0.3, -0.25) is 8.92 Å². The third-order valence-electron chi connectivity index (χ3n) is 0. The van der Waals surface area contributed by atoms with Crippen molar-refractivity contribution in [3.8, 4) is 0 Å². The SMILES string of the molecule is O=[Si]=O.[Al+3].[O-2].[O-2].[Th+4]. The van der Waals surface area contributed by atoms with E-state index >= 15 is 0 Å². The van der Waals surface area contributed by atoms with Crippen molar-refractivity contribution in [3.63, 3.8) is 0 Å². The molecule has 7 heteroatoms. The monoisotopic (exact) mass is 351 g/mol. The molecular formula is AlO4SiTh+3. The van der Waals surface area contributed by atoms with Crippen LogP contribution in [0.3, 0.4) is 0 Å². The first-order valence-corrected chi connectivity index (χ1v) is 1.22. The zero-order valence-corrected chi connectivity index (χ0v) is 9.47. The molecule has 0 N–H and O–H groups in total. The molecule has 0 amide bonds. The molecule has 0 aromatic carbocycles. The molecule has 0 unspecified atom stereocenters. The van der Waals surface area contributed by atoms with Gasteiger partial charge in [-0.25, -0.2) is 0 Å². The third kappa shape index (κ3) is 93.5. The molecular weight excluding hydrogens is 351 g/mol. The van der Waals surface area contributed by atoms with Gasteiger partial charge < -0.3 is 11.0 Å². The summed E-state index contributed by atoms with van der Waals surface area (Å²) >= 11 is 0. The van der Waals surface area contributed by atoms with E-state index in [1.165, 1.54) is 0 Å². The van der Waals surface area contributed by atoms with Crippen molar-refractivity contribution in [1.29, 1.82) is 0 Å². The van der Waals surface area contributed by atoms with Crippen LogP contribution < -0.4 is 0 Å². The van der Waals surface area contributed by atoms with E-state index in [-0.39, 0.29) is 68.3 Å². The molecule has 4 nitrogen and oxygen atoms in total. The van der Waals surface area contributed by atoms with Gasteiger partial charge in [0.05, 0.1) is 0 Å². The molecule has 32 valence electrons. The zero-order valence-electron chi connectivity index (χ0n) is 3.21. The Morgan fingerprint density at radius 3 is 1.00 bits per heavy atom. The summed E-state index contributed by atoms with van der Waals surface area (Å²) in [6, 6.07) is 0. The standard InChI is InChI=1S/Al.O2Si.2O.Th/c;1-3-2;;;/q+3;;2*-2;+4. The quantitative estimate of drug-likeness (QED) is 0.511. The van der Waals surface area contributed by atoms with Crippen molar-refractivity contribution >= 4 is 26.7 Å². The minimum Gasteiger partial charge on any atom is -2.00 e. The van der Waals surface area contributed by atoms with Crippen LogP contribution in [-0.4, -0.2) is 26.7 Å². The second-order valence-corrected chi connectivity index (χ2v) is 0.250. The van der Waals surface area contributed by atoms with Gasteiger partial charge in [-0.2, -0.15) is 0 Å². The summed E-state index contributed by atoms with van der Waals surface area (Å²) in [6.07, 6.45) is 0. The van der Waals surface area contributed by atoms with E-state index in [9.17, 15) is 0 Å². The maximum Gasteiger partial charge on any atom is 4.00 e. The van der Waals surface area contributed by atoms with Gasteiger partial charge in [0.25, 0.3) is 0 Å². The number of rotatable bonds is 0. The number of hydrogen-bond acceptors (Lipinski definition) is 2. The molecule has 0 saturated heterocycles. The van der Waals surface area contributed by atoms with E-state index < -0.39 is 9.29 Å². The van der Waals surface area contributed by atoms with Crippen LogP contribution in [0.2, 0.25) is 0 Å². The zero-order chi connectivity index (χ0) is 2.71. The van der Waals surface area contributed by atoms with E-state index in [0.717, 1.165) is 0 Å². The van der Waals surface area contributed by atoms with Crippen molar-refractivity contribution in [3.05, 3.63) is 0 Å². The fraction of sp³-hybridized carbons (Fsp3) is 0. The Hall–Kier alpha value is 1.59. The topological polar surface area (TPSA) is 91.1 Å². The Morgan fingerprint density at radius 2 is 1.00 bits per heavy atom. The maximum absolute atomic E-state index is 8.40. The predicted molar refractivity (Wildman–Crippen MR) is 14.3 cm³/mol. The van der Waals surface area contributed by atoms with Crippen LogP contribution in [0.25, 0.3) is 0 Å². The Labute approximate surface area is 85.4 Å². The summed E-state index contributed by atoms with van der Waals surface area (Å²) in [7, 11) is -1.42. The van der Waals surface area contributed by atoms with E-state index in [2.05, 4.69) is 0 Å². The van der Waals surface area contributed by atoms with Crippen molar-refractivity contribution in [2.45, 2.75) is 0 Å². The van der Waals surface area contributed by atoms with E-state index in [0.29, 0.717) is 0 Å². The predicted octanol–water partition coefficient (Wildman–Crippen LogP) is -1.24. The molecule has 0 heterocycles. The van der Waals surface area contributed by atoms with E-state index in [1.54, 1.807) is 0 Å². The van der Waals surface area contributed by atoms with Gasteiger partial charge in [0.1, 0.15) is 0 Å². The van der Waals surface area contributed by atoms with Crippen molar-refractivity contribution in [1.82, 2.24) is 0 Å². The molecule has 0 bridgehead atoms. The van der Waals surface area contributed by atoms with E-state index in [1.807, 2.05) is 0 Å². The normalized spacial score (nSPS) is 1.14. The fourth-order valence-electron chi connectivity index (χ4n) is 0. The maximum atomic E-state index is 8.40. The van der Waals surface area contributed by atoms with Crippen LogP contribution in [0, 0.1) is 39.9 Å². The first-order valence-electron chi connectivity index (χ1n) is 0.408.